The van der Waals surface area contributed by atoms with Crippen molar-refractivity contribution in [2.24, 2.45) is 5.41 Å². The van der Waals surface area contributed by atoms with E-state index >= 15 is 0 Å². The number of aliphatic hydroxyl groups excluding tert-OH is 1. The predicted molar refractivity (Wildman–Crippen MR) is 83.4 cm³/mol. The number of nitrogens with one attached hydrogen (secondary N) is 1. The number of nitrogens with zero attached hydrogens (tertiary/aromatic N) is 1. The summed E-state index contributed by atoms with van der Waals surface area (Å²) in [6.07, 6.45) is 0. The van der Waals surface area contributed by atoms with Crippen LogP contribution in [-0.2, 0) is 0 Å². The summed E-state index contributed by atoms with van der Waals surface area (Å²) in [5.41, 5.74) is 0.405. The highest BCUT2D eigenvalue weighted by atomic mass is 35.5. The largest absolute Gasteiger partial charge is 0.505 e. The highest BCUT2D eigenvalue weighted by molar-refractivity contribution is 5.85. The second-order valence-corrected chi connectivity index (χ2v) is 6.05. The second kappa shape index (κ2) is 7.40. The van der Waals surface area contributed by atoms with E-state index < -0.39 is 5.82 Å². The van der Waals surface area contributed by atoms with Crippen LogP contribution in [0.3, 0.4) is 0 Å². The van der Waals surface area contributed by atoms with Crippen molar-refractivity contribution in [3.8, 4) is 5.75 Å². The molecule has 1 fully saturated rings. The summed E-state index contributed by atoms with van der Waals surface area (Å²) >= 11 is 0. The third-order valence-corrected chi connectivity index (χ3v) is 3.95. The van der Waals surface area contributed by atoms with Crippen molar-refractivity contribution in [1.82, 2.24) is 10.2 Å². The lowest BCUT2D eigenvalue weighted by atomic mass is 9.79. The van der Waals surface area contributed by atoms with Gasteiger partial charge in [-0.2, -0.15) is 0 Å². The Morgan fingerprint density at radius 3 is 2.48 bits per heavy atom. The lowest BCUT2D eigenvalue weighted by molar-refractivity contribution is 0.0303. The SMILES string of the molecule is CC(C)(CO)[C@@H](c1ccc(O)c(F)c1)N1CCNCC1.Cl. The van der Waals surface area contributed by atoms with Gasteiger partial charge in [0.25, 0.3) is 0 Å². The van der Waals surface area contributed by atoms with Crippen LogP contribution in [0.2, 0.25) is 0 Å². The maximum absolute atomic E-state index is 13.7. The third-order valence-electron chi connectivity index (χ3n) is 3.95. The molecule has 1 atom stereocenters. The van der Waals surface area contributed by atoms with E-state index in [1.807, 2.05) is 13.8 Å². The molecule has 1 aromatic carbocycles. The van der Waals surface area contributed by atoms with Crippen LogP contribution in [0.5, 0.6) is 5.75 Å². The zero-order valence-electron chi connectivity index (χ0n) is 12.5. The molecule has 0 spiro atoms. The van der Waals surface area contributed by atoms with Gasteiger partial charge < -0.3 is 15.5 Å². The van der Waals surface area contributed by atoms with Gasteiger partial charge in [0.1, 0.15) is 0 Å². The van der Waals surface area contributed by atoms with E-state index in [0.717, 1.165) is 31.7 Å². The van der Waals surface area contributed by atoms with Crippen LogP contribution in [0.25, 0.3) is 0 Å². The van der Waals surface area contributed by atoms with Crippen molar-refractivity contribution >= 4 is 12.4 Å². The molecule has 0 saturated carbocycles. The van der Waals surface area contributed by atoms with Gasteiger partial charge in [-0.3, -0.25) is 4.90 Å². The molecule has 1 saturated heterocycles. The van der Waals surface area contributed by atoms with Crippen LogP contribution >= 0.6 is 12.4 Å². The molecule has 1 heterocycles. The minimum absolute atomic E-state index is 0. The van der Waals surface area contributed by atoms with Gasteiger partial charge in [-0.05, 0) is 17.7 Å². The third kappa shape index (κ3) is 4.07. The Hall–Kier alpha value is -0.880. The molecule has 2 rings (SSSR count). The van der Waals surface area contributed by atoms with Gasteiger partial charge in [0.05, 0.1) is 0 Å². The van der Waals surface area contributed by atoms with Gasteiger partial charge in [0, 0.05) is 44.2 Å². The van der Waals surface area contributed by atoms with E-state index in [2.05, 4.69) is 10.2 Å². The van der Waals surface area contributed by atoms with Crippen LogP contribution in [0, 0.1) is 11.2 Å². The first-order valence-electron chi connectivity index (χ1n) is 7.00. The highest BCUT2D eigenvalue weighted by Gasteiger charge is 2.35. The lowest BCUT2D eigenvalue weighted by Gasteiger charge is -2.43. The molecule has 1 aliphatic rings. The Morgan fingerprint density at radius 2 is 1.95 bits per heavy atom. The molecule has 3 N–H and O–H groups in total. The lowest BCUT2D eigenvalue weighted by Crippen LogP contribution is -2.49. The van der Waals surface area contributed by atoms with Crippen molar-refractivity contribution < 1.29 is 14.6 Å². The second-order valence-electron chi connectivity index (χ2n) is 6.05. The van der Waals surface area contributed by atoms with E-state index in [-0.39, 0.29) is 36.2 Å². The number of benzene rings is 1. The minimum Gasteiger partial charge on any atom is -0.505 e. The maximum atomic E-state index is 13.7. The van der Waals surface area contributed by atoms with Gasteiger partial charge in [-0.15, -0.1) is 12.4 Å². The molecular formula is C15H24ClFN2O2. The number of hydrogen-bond donors (Lipinski definition) is 3. The summed E-state index contributed by atoms with van der Waals surface area (Å²) in [5, 5.41) is 22.3. The zero-order valence-corrected chi connectivity index (χ0v) is 13.3. The first-order valence-corrected chi connectivity index (χ1v) is 7.00. The molecule has 0 aliphatic carbocycles. The van der Waals surface area contributed by atoms with Gasteiger partial charge in [-0.25, -0.2) is 4.39 Å². The summed E-state index contributed by atoms with van der Waals surface area (Å²) in [5.74, 6) is -0.953. The number of aromatic hydroxyl groups is 1. The molecule has 6 heteroatoms. The molecule has 4 nitrogen and oxygen atoms in total. The summed E-state index contributed by atoms with van der Waals surface area (Å²) in [6.45, 7) is 7.46. The maximum Gasteiger partial charge on any atom is 0.165 e. The van der Waals surface area contributed by atoms with E-state index in [1.54, 1.807) is 6.07 Å². The molecule has 1 aliphatic heterocycles. The fourth-order valence-corrected chi connectivity index (χ4v) is 2.88. The molecule has 0 bridgehead atoms. The number of aliphatic hydroxyl groups is 1. The molecule has 1 aromatic rings. The number of halogens is 2. The quantitative estimate of drug-likeness (QED) is 0.794. The number of phenolic OH excluding ortho intramolecular Hbond substituents is 1. The Balaban J connectivity index is 0.00000220. The molecular weight excluding hydrogens is 295 g/mol. The average Bonchev–Trinajstić information content (AvgIpc) is 2.44. The van der Waals surface area contributed by atoms with Crippen LogP contribution in [0.4, 0.5) is 4.39 Å². The fourth-order valence-electron chi connectivity index (χ4n) is 2.88. The molecule has 0 aromatic heterocycles. The standard InChI is InChI=1S/C15H23FN2O2.ClH/c1-15(2,10-19)14(18-7-5-17-6-8-18)11-3-4-13(20)12(16)9-11;/h3-4,9,14,17,19-20H,5-8,10H2,1-2H3;1H/t14-;/m1./s1. The van der Waals surface area contributed by atoms with Crippen molar-refractivity contribution in [2.45, 2.75) is 19.9 Å². The normalized spacial score (nSPS) is 18.1. The van der Waals surface area contributed by atoms with Crippen LogP contribution in [0.15, 0.2) is 18.2 Å². The van der Waals surface area contributed by atoms with E-state index in [1.165, 1.54) is 12.1 Å². The van der Waals surface area contributed by atoms with E-state index in [4.69, 9.17) is 0 Å². The number of hydrogen-bond acceptors (Lipinski definition) is 4. The first-order chi connectivity index (χ1) is 9.45. The summed E-state index contributed by atoms with van der Waals surface area (Å²) in [4.78, 5) is 2.26. The van der Waals surface area contributed by atoms with Crippen molar-refractivity contribution in [1.29, 1.82) is 0 Å². The molecule has 120 valence electrons. The predicted octanol–water partition coefficient (Wildman–Crippen LogP) is 1.92. The number of piperazine rings is 1. The van der Waals surface area contributed by atoms with Crippen LogP contribution in [-0.4, -0.2) is 47.9 Å². The summed E-state index contributed by atoms with van der Waals surface area (Å²) < 4.78 is 13.7. The Kier molecular flexibility index (Phi) is 6.41. The summed E-state index contributed by atoms with van der Waals surface area (Å²) in [6, 6.07) is 4.42. The van der Waals surface area contributed by atoms with Gasteiger partial charge in [0.15, 0.2) is 11.6 Å². The Bertz CT molecular complexity index is 465. The molecule has 0 amide bonds. The number of rotatable bonds is 4. The molecule has 0 unspecified atom stereocenters. The van der Waals surface area contributed by atoms with E-state index in [0.29, 0.717) is 0 Å². The van der Waals surface area contributed by atoms with Crippen LogP contribution < -0.4 is 5.32 Å². The fraction of sp³-hybridized carbons (Fsp3) is 0.600. The first kappa shape index (κ1) is 18.2. The highest BCUT2D eigenvalue weighted by Crippen LogP contribution is 2.39. The van der Waals surface area contributed by atoms with Crippen molar-refractivity contribution in [3.05, 3.63) is 29.6 Å². The van der Waals surface area contributed by atoms with Crippen molar-refractivity contribution in [3.63, 3.8) is 0 Å². The zero-order chi connectivity index (χ0) is 14.8. The van der Waals surface area contributed by atoms with Gasteiger partial charge >= 0.3 is 0 Å². The monoisotopic (exact) mass is 318 g/mol. The van der Waals surface area contributed by atoms with E-state index in [9.17, 15) is 14.6 Å². The van der Waals surface area contributed by atoms with Crippen LogP contribution in [0.1, 0.15) is 25.5 Å². The number of phenols is 1. The smallest absolute Gasteiger partial charge is 0.165 e. The summed E-state index contributed by atoms with van der Waals surface area (Å²) in [7, 11) is 0. The Morgan fingerprint density at radius 1 is 1.33 bits per heavy atom. The van der Waals surface area contributed by atoms with Crippen molar-refractivity contribution in [2.75, 3.05) is 32.8 Å². The topological polar surface area (TPSA) is 55.7 Å². The Labute approximate surface area is 131 Å². The minimum atomic E-state index is -0.614. The van der Waals surface area contributed by atoms with Gasteiger partial charge in [0.2, 0.25) is 0 Å². The molecule has 0 radical (unpaired) electrons. The van der Waals surface area contributed by atoms with Gasteiger partial charge in [-0.1, -0.05) is 19.9 Å². The molecule has 21 heavy (non-hydrogen) atoms. The average molecular weight is 319 g/mol.